The number of benzene rings is 3. The standard InChI is InChI=1S/C24H21N3O3/c1-15-8-7-9-16(2)22(15)24(29)27-19-12-5-4-11-18(19)26-23(27)17-10-3-6-13-20(17)30-14-21(25)28/h3-13H,14H2,1-2H3,(H2,25,28). The number of aromatic nitrogens is 2. The zero-order chi connectivity index (χ0) is 21.3. The Morgan fingerprint density at radius 2 is 1.60 bits per heavy atom. The van der Waals surface area contributed by atoms with E-state index >= 15 is 0 Å². The predicted octanol–water partition coefficient (Wildman–Crippen LogP) is 3.87. The van der Waals surface area contributed by atoms with E-state index in [9.17, 15) is 9.59 Å². The second kappa shape index (κ2) is 7.83. The second-order valence-electron chi connectivity index (χ2n) is 7.08. The average molecular weight is 399 g/mol. The number of hydrogen-bond acceptors (Lipinski definition) is 4. The molecule has 30 heavy (non-hydrogen) atoms. The van der Waals surface area contributed by atoms with E-state index in [0.717, 1.165) is 11.1 Å². The van der Waals surface area contributed by atoms with Gasteiger partial charge in [0.2, 0.25) is 0 Å². The lowest BCUT2D eigenvalue weighted by molar-refractivity contribution is -0.119. The fraction of sp³-hybridized carbons (Fsp3) is 0.125. The molecular formula is C24H21N3O3. The molecule has 0 saturated heterocycles. The first-order chi connectivity index (χ1) is 14.5. The SMILES string of the molecule is Cc1cccc(C)c1C(=O)n1c(-c2ccccc2OCC(N)=O)nc2ccccc21. The molecule has 4 rings (SSSR count). The normalized spacial score (nSPS) is 10.9. The highest BCUT2D eigenvalue weighted by Gasteiger charge is 2.23. The van der Waals surface area contributed by atoms with Gasteiger partial charge in [-0.3, -0.25) is 14.2 Å². The first-order valence-corrected chi connectivity index (χ1v) is 9.56. The fourth-order valence-electron chi connectivity index (χ4n) is 3.60. The quantitative estimate of drug-likeness (QED) is 0.552. The summed E-state index contributed by atoms with van der Waals surface area (Å²) in [5.41, 5.74) is 9.65. The van der Waals surface area contributed by atoms with Crippen molar-refractivity contribution in [2.45, 2.75) is 13.8 Å². The Kier molecular flexibility index (Phi) is 5.06. The van der Waals surface area contributed by atoms with Crippen LogP contribution >= 0.6 is 0 Å². The van der Waals surface area contributed by atoms with Crippen LogP contribution in [0.5, 0.6) is 5.75 Å². The van der Waals surface area contributed by atoms with Crippen molar-refractivity contribution < 1.29 is 14.3 Å². The van der Waals surface area contributed by atoms with E-state index in [0.29, 0.717) is 33.7 Å². The molecule has 1 amide bonds. The summed E-state index contributed by atoms with van der Waals surface area (Å²) in [5.74, 6) is 0.134. The van der Waals surface area contributed by atoms with E-state index in [4.69, 9.17) is 15.5 Å². The summed E-state index contributed by atoms with van der Waals surface area (Å²) in [5, 5.41) is 0. The van der Waals surface area contributed by atoms with Gasteiger partial charge < -0.3 is 10.5 Å². The summed E-state index contributed by atoms with van der Waals surface area (Å²) in [4.78, 5) is 29.7. The number of fused-ring (bicyclic) bond motifs is 1. The van der Waals surface area contributed by atoms with Gasteiger partial charge in [0.15, 0.2) is 12.4 Å². The molecule has 0 saturated carbocycles. The summed E-state index contributed by atoms with van der Waals surface area (Å²) < 4.78 is 7.21. The van der Waals surface area contributed by atoms with Gasteiger partial charge in [0.1, 0.15) is 5.75 Å². The van der Waals surface area contributed by atoms with Crippen LogP contribution in [-0.4, -0.2) is 28.0 Å². The molecule has 6 nitrogen and oxygen atoms in total. The van der Waals surface area contributed by atoms with Crippen LogP contribution in [0.2, 0.25) is 0 Å². The number of carbonyl (C=O) groups is 2. The number of hydrogen-bond donors (Lipinski definition) is 1. The van der Waals surface area contributed by atoms with Crippen LogP contribution in [-0.2, 0) is 4.79 Å². The molecule has 0 aliphatic heterocycles. The highest BCUT2D eigenvalue weighted by atomic mass is 16.5. The average Bonchev–Trinajstić information content (AvgIpc) is 3.11. The van der Waals surface area contributed by atoms with Crippen molar-refractivity contribution in [3.63, 3.8) is 0 Å². The van der Waals surface area contributed by atoms with Crippen molar-refractivity contribution in [1.29, 1.82) is 0 Å². The summed E-state index contributed by atoms with van der Waals surface area (Å²) in [6.45, 7) is 3.58. The maximum absolute atomic E-state index is 13.7. The van der Waals surface area contributed by atoms with Gasteiger partial charge >= 0.3 is 0 Å². The highest BCUT2D eigenvalue weighted by Crippen LogP contribution is 2.33. The molecule has 3 aromatic carbocycles. The first-order valence-electron chi connectivity index (χ1n) is 9.56. The Balaban J connectivity index is 1.96. The van der Waals surface area contributed by atoms with E-state index in [-0.39, 0.29) is 12.5 Å². The van der Waals surface area contributed by atoms with Gasteiger partial charge in [0.05, 0.1) is 16.6 Å². The molecule has 6 heteroatoms. The third kappa shape index (κ3) is 3.43. The van der Waals surface area contributed by atoms with Crippen LogP contribution in [0.4, 0.5) is 0 Å². The summed E-state index contributed by atoms with van der Waals surface area (Å²) in [6, 6.07) is 20.4. The molecular weight excluding hydrogens is 378 g/mol. The third-order valence-corrected chi connectivity index (χ3v) is 4.96. The fourth-order valence-corrected chi connectivity index (χ4v) is 3.60. The van der Waals surface area contributed by atoms with Gasteiger partial charge in [-0.1, -0.05) is 42.5 Å². The number of imidazole rings is 1. The van der Waals surface area contributed by atoms with Gasteiger partial charge in [0.25, 0.3) is 11.8 Å². The van der Waals surface area contributed by atoms with Crippen molar-refractivity contribution in [2.75, 3.05) is 6.61 Å². The van der Waals surface area contributed by atoms with Crippen LogP contribution < -0.4 is 10.5 Å². The molecule has 0 radical (unpaired) electrons. The largest absolute Gasteiger partial charge is 0.483 e. The second-order valence-corrected chi connectivity index (χ2v) is 7.08. The maximum atomic E-state index is 13.7. The van der Waals surface area contributed by atoms with Crippen LogP contribution in [0.3, 0.4) is 0 Å². The van der Waals surface area contributed by atoms with Crippen LogP contribution in [0, 0.1) is 13.8 Å². The zero-order valence-corrected chi connectivity index (χ0v) is 16.8. The van der Waals surface area contributed by atoms with Gasteiger partial charge in [-0.05, 0) is 49.2 Å². The zero-order valence-electron chi connectivity index (χ0n) is 16.8. The smallest absolute Gasteiger partial charge is 0.264 e. The number of carbonyl (C=O) groups excluding carboxylic acids is 2. The Bertz CT molecular complexity index is 1250. The Labute approximate surface area is 173 Å². The minimum Gasteiger partial charge on any atom is -0.483 e. The first kappa shape index (κ1) is 19.4. The molecule has 150 valence electrons. The number of aryl methyl sites for hydroxylation is 2. The van der Waals surface area contributed by atoms with Crippen molar-refractivity contribution >= 4 is 22.8 Å². The van der Waals surface area contributed by atoms with Crippen molar-refractivity contribution in [3.8, 4) is 17.1 Å². The number of nitrogens with two attached hydrogens (primary N) is 1. The topological polar surface area (TPSA) is 87.2 Å². The number of primary amides is 1. The number of rotatable bonds is 5. The lowest BCUT2D eigenvalue weighted by atomic mass is 10.0. The van der Waals surface area contributed by atoms with Crippen molar-refractivity contribution in [3.05, 3.63) is 83.4 Å². The van der Waals surface area contributed by atoms with Gasteiger partial charge in [-0.25, -0.2) is 4.98 Å². The van der Waals surface area contributed by atoms with Crippen LogP contribution in [0.15, 0.2) is 66.7 Å². The molecule has 1 aromatic heterocycles. The minimum atomic E-state index is -0.579. The monoisotopic (exact) mass is 399 g/mol. The van der Waals surface area contributed by atoms with E-state index < -0.39 is 5.91 Å². The molecule has 0 unspecified atom stereocenters. The van der Waals surface area contributed by atoms with Gasteiger partial charge in [0, 0.05) is 5.56 Å². The van der Waals surface area contributed by atoms with E-state index in [1.807, 2.05) is 68.4 Å². The molecule has 4 aromatic rings. The lowest BCUT2D eigenvalue weighted by Crippen LogP contribution is -2.20. The Morgan fingerprint density at radius 3 is 2.33 bits per heavy atom. The molecule has 0 atom stereocenters. The van der Waals surface area contributed by atoms with E-state index in [1.54, 1.807) is 16.7 Å². The highest BCUT2D eigenvalue weighted by molar-refractivity contribution is 6.06. The van der Waals surface area contributed by atoms with Gasteiger partial charge in [-0.2, -0.15) is 0 Å². The summed E-state index contributed by atoms with van der Waals surface area (Å²) in [7, 11) is 0. The van der Waals surface area contributed by atoms with E-state index in [1.165, 1.54) is 0 Å². The Morgan fingerprint density at radius 1 is 0.933 bits per heavy atom. The van der Waals surface area contributed by atoms with E-state index in [2.05, 4.69) is 0 Å². The van der Waals surface area contributed by atoms with Gasteiger partial charge in [-0.15, -0.1) is 0 Å². The van der Waals surface area contributed by atoms with Crippen LogP contribution in [0.1, 0.15) is 21.5 Å². The maximum Gasteiger partial charge on any atom is 0.264 e. The van der Waals surface area contributed by atoms with Crippen molar-refractivity contribution in [1.82, 2.24) is 9.55 Å². The summed E-state index contributed by atoms with van der Waals surface area (Å²) in [6.07, 6.45) is 0. The number of nitrogens with zero attached hydrogens (tertiary/aromatic N) is 2. The predicted molar refractivity (Wildman–Crippen MR) is 116 cm³/mol. The molecule has 1 heterocycles. The molecule has 0 aliphatic carbocycles. The minimum absolute atomic E-state index is 0.168. The molecule has 0 spiro atoms. The van der Waals surface area contributed by atoms with Crippen molar-refractivity contribution in [2.24, 2.45) is 5.73 Å². The third-order valence-electron chi connectivity index (χ3n) is 4.96. The Hall–Kier alpha value is -3.93. The van der Waals surface area contributed by atoms with Crippen LogP contribution in [0.25, 0.3) is 22.4 Å². The molecule has 0 fully saturated rings. The number of ether oxygens (including phenoxy) is 1. The molecule has 0 aliphatic rings. The molecule has 0 bridgehead atoms. The lowest BCUT2D eigenvalue weighted by Gasteiger charge is -2.14. The number of amides is 1. The number of para-hydroxylation sites is 3. The molecule has 2 N–H and O–H groups in total. The summed E-state index contributed by atoms with van der Waals surface area (Å²) >= 11 is 0.